The molecule has 0 saturated heterocycles. The van der Waals surface area contributed by atoms with Crippen LogP contribution in [0.25, 0.3) is 0 Å². The van der Waals surface area contributed by atoms with Crippen LogP contribution in [-0.2, 0) is 5.75 Å². The fourth-order valence-electron chi connectivity index (χ4n) is 3.25. The highest BCUT2D eigenvalue weighted by molar-refractivity contribution is 7.98. The number of amides is 1. The maximum absolute atomic E-state index is 12.7. The van der Waals surface area contributed by atoms with E-state index in [4.69, 9.17) is 9.47 Å². The second kappa shape index (κ2) is 9.26. The van der Waals surface area contributed by atoms with E-state index in [0.29, 0.717) is 18.8 Å². The quantitative estimate of drug-likeness (QED) is 0.532. The average molecular weight is 420 g/mol. The van der Waals surface area contributed by atoms with Crippen molar-refractivity contribution in [3.63, 3.8) is 0 Å². The number of rotatable bonds is 6. The van der Waals surface area contributed by atoms with Gasteiger partial charge in [-0.15, -0.1) is 11.8 Å². The van der Waals surface area contributed by atoms with Crippen molar-refractivity contribution in [3.8, 4) is 11.5 Å². The van der Waals surface area contributed by atoms with E-state index in [2.05, 4.69) is 36.5 Å². The van der Waals surface area contributed by atoms with Gasteiger partial charge in [0.1, 0.15) is 13.2 Å². The Kier molecular flexibility index (Phi) is 6.29. The molecule has 1 aliphatic rings. The van der Waals surface area contributed by atoms with Gasteiger partial charge in [-0.05, 0) is 61.4 Å². The van der Waals surface area contributed by atoms with Crippen LogP contribution in [0, 0.1) is 6.92 Å². The van der Waals surface area contributed by atoms with E-state index in [1.165, 1.54) is 16.0 Å². The van der Waals surface area contributed by atoms with Crippen LogP contribution in [0.4, 0.5) is 0 Å². The van der Waals surface area contributed by atoms with Crippen LogP contribution in [0.5, 0.6) is 11.5 Å². The van der Waals surface area contributed by atoms with Crippen molar-refractivity contribution in [3.05, 3.63) is 89.0 Å². The van der Waals surface area contributed by atoms with E-state index in [1.54, 1.807) is 11.8 Å². The van der Waals surface area contributed by atoms with Crippen molar-refractivity contribution in [1.82, 2.24) is 5.32 Å². The number of benzene rings is 3. The highest BCUT2D eigenvalue weighted by Crippen LogP contribution is 2.32. The Bertz CT molecular complexity index is 1020. The fraction of sp³-hybridized carbons (Fsp3) is 0.240. The monoisotopic (exact) mass is 419 g/mol. The highest BCUT2D eigenvalue weighted by atomic mass is 32.2. The number of carbonyl (C=O) groups excluding carboxylic acids is 1. The molecule has 0 aromatic heterocycles. The zero-order chi connectivity index (χ0) is 20.9. The van der Waals surface area contributed by atoms with E-state index in [1.807, 2.05) is 49.4 Å². The first kappa shape index (κ1) is 20.4. The van der Waals surface area contributed by atoms with Gasteiger partial charge in [0.15, 0.2) is 11.5 Å². The number of aryl methyl sites for hydroxylation is 1. The third-order valence-electron chi connectivity index (χ3n) is 5.06. The number of fused-ring (bicyclic) bond motifs is 1. The molecule has 0 spiro atoms. The number of hydrogen-bond acceptors (Lipinski definition) is 4. The Morgan fingerprint density at radius 2 is 1.67 bits per heavy atom. The number of ether oxygens (including phenoxy) is 2. The van der Waals surface area contributed by atoms with Crippen molar-refractivity contribution in [2.24, 2.45) is 0 Å². The molecule has 1 aliphatic heterocycles. The molecule has 0 unspecified atom stereocenters. The second-order valence-corrected chi connectivity index (χ2v) is 8.45. The predicted molar refractivity (Wildman–Crippen MR) is 120 cm³/mol. The molecule has 1 atom stereocenters. The lowest BCUT2D eigenvalue weighted by molar-refractivity contribution is 0.0939. The lowest BCUT2D eigenvalue weighted by atomic mass is 10.1. The van der Waals surface area contributed by atoms with Crippen LogP contribution in [0.1, 0.15) is 40.0 Å². The summed E-state index contributed by atoms with van der Waals surface area (Å²) in [4.78, 5) is 13.9. The standard InChI is InChI=1S/C25H25NO3S/c1-17-3-10-22(11-4-17)30-16-19-5-7-20(8-6-19)25(27)26-18(2)21-9-12-23-24(15-21)29-14-13-28-23/h3-12,15,18H,13-14,16H2,1-2H3,(H,26,27)/t18-/m0/s1. The van der Waals surface area contributed by atoms with Gasteiger partial charge >= 0.3 is 0 Å². The number of thioether (sulfide) groups is 1. The zero-order valence-electron chi connectivity index (χ0n) is 17.2. The molecule has 1 amide bonds. The molecule has 5 heteroatoms. The highest BCUT2D eigenvalue weighted by Gasteiger charge is 2.16. The largest absolute Gasteiger partial charge is 0.486 e. The first-order valence-corrected chi connectivity index (χ1v) is 11.1. The summed E-state index contributed by atoms with van der Waals surface area (Å²) in [6.45, 7) is 5.17. The summed E-state index contributed by atoms with van der Waals surface area (Å²) in [6, 6.07) is 22.0. The van der Waals surface area contributed by atoms with Crippen LogP contribution < -0.4 is 14.8 Å². The van der Waals surface area contributed by atoms with Crippen LogP contribution in [-0.4, -0.2) is 19.1 Å². The molecule has 0 bridgehead atoms. The van der Waals surface area contributed by atoms with Crippen LogP contribution in [0.3, 0.4) is 0 Å². The molecule has 0 fully saturated rings. The minimum atomic E-state index is -0.134. The van der Waals surface area contributed by atoms with Crippen molar-refractivity contribution in [1.29, 1.82) is 0 Å². The maximum atomic E-state index is 12.7. The second-order valence-electron chi connectivity index (χ2n) is 7.40. The van der Waals surface area contributed by atoms with E-state index < -0.39 is 0 Å². The molecule has 1 heterocycles. The molecule has 0 aliphatic carbocycles. The molecule has 154 valence electrons. The summed E-state index contributed by atoms with van der Waals surface area (Å²) >= 11 is 1.79. The van der Waals surface area contributed by atoms with Crippen LogP contribution in [0.2, 0.25) is 0 Å². The smallest absolute Gasteiger partial charge is 0.251 e. The zero-order valence-corrected chi connectivity index (χ0v) is 18.0. The molecule has 1 N–H and O–H groups in total. The lowest BCUT2D eigenvalue weighted by Crippen LogP contribution is -2.26. The number of hydrogen-bond donors (Lipinski definition) is 1. The van der Waals surface area contributed by atoms with Crippen LogP contribution in [0.15, 0.2) is 71.6 Å². The van der Waals surface area contributed by atoms with Gasteiger partial charge in [-0.25, -0.2) is 0 Å². The Hall–Kier alpha value is -2.92. The van der Waals surface area contributed by atoms with Gasteiger partial charge in [0.2, 0.25) is 0 Å². The van der Waals surface area contributed by atoms with Crippen LogP contribution >= 0.6 is 11.8 Å². The minimum absolute atomic E-state index is 0.0878. The number of carbonyl (C=O) groups is 1. The Labute approximate surface area is 181 Å². The maximum Gasteiger partial charge on any atom is 0.251 e. The Balaban J connectivity index is 1.34. The fourth-order valence-corrected chi connectivity index (χ4v) is 4.10. The molecular weight excluding hydrogens is 394 g/mol. The molecule has 30 heavy (non-hydrogen) atoms. The lowest BCUT2D eigenvalue weighted by Gasteiger charge is -2.21. The van der Waals surface area contributed by atoms with Crippen molar-refractivity contribution in [2.75, 3.05) is 13.2 Å². The molecule has 0 saturated carbocycles. The number of nitrogens with one attached hydrogen (secondary N) is 1. The first-order chi connectivity index (χ1) is 14.6. The normalized spacial score (nSPS) is 13.5. The van der Waals surface area contributed by atoms with E-state index in [0.717, 1.165) is 22.8 Å². The summed E-state index contributed by atoms with van der Waals surface area (Å²) in [5.41, 5.74) is 4.10. The van der Waals surface area contributed by atoms with E-state index >= 15 is 0 Å². The van der Waals surface area contributed by atoms with Gasteiger partial charge in [-0.1, -0.05) is 35.9 Å². The minimum Gasteiger partial charge on any atom is -0.486 e. The van der Waals surface area contributed by atoms with Gasteiger partial charge in [0, 0.05) is 16.2 Å². The summed E-state index contributed by atoms with van der Waals surface area (Å²) < 4.78 is 11.2. The molecule has 4 nitrogen and oxygen atoms in total. The molecule has 0 radical (unpaired) electrons. The van der Waals surface area contributed by atoms with E-state index in [9.17, 15) is 4.79 Å². The third-order valence-corrected chi connectivity index (χ3v) is 6.14. The first-order valence-electron chi connectivity index (χ1n) is 10.1. The molecule has 4 rings (SSSR count). The third kappa shape index (κ3) is 4.97. The molecule has 3 aromatic carbocycles. The van der Waals surface area contributed by atoms with E-state index in [-0.39, 0.29) is 11.9 Å². The van der Waals surface area contributed by atoms with Gasteiger partial charge < -0.3 is 14.8 Å². The SMILES string of the molecule is Cc1ccc(SCc2ccc(C(=O)N[C@@H](C)c3ccc4c(c3)OCCO4)cc2)cc1. The average Bonchev–Trinajstić information content (AvgIpc) is 2.78. The van der Waals surface area contributed by atoms with Crippen molar-refractivity contribution in [2.45, 2.75) is 30.5 Å². The molecular formula is C25H25NO3S. The van der Waals surface area contributed by atoms with Crippen molar-refractivity contribution >= 4 is 17.7 Å². The molecule has 3 aromatic rings. The summed E-state index contributed by atoms with van der Waals surface area (Å²) in [5, 5.41) is 3.06. The van der Waals surface area contributed by atoms with Gasteiger partial charge in [-0.2, -0.15) is 0 Å². The Morgan fingerprint density at radius 1 is 0.967 bits per heavy atom. The van der Waals surface area contributed by atoms with Gasteiger partial charge in [0.25, 0.3) is 5.91 Å². The summed E-state index contributed by atoms with van der Waals surface area (Å²) in [7, 11) is 0. The van der Waals surface area contributed by atoms with Gasteiger partial charge in [0.05, 0.1) is 6.04 Å². The summed E-state index contributed by atoms with van der Waals surface area (Å²) in [5.74, 6) is 2.27. The predicted octanol–water partition coefficient (Wildman–Crippen LogP) is 5.55. The topological polar surface area (TPSA) is 47.6 Å². The Morgan fingerprint density at radius 3 is 2.40 bits per heavy atom. The van der Waals surface area contributed by atoms with Crippen molar-refractivity contribution < 1.29 is 14.3 Å². The van der Waals surface area contributed by atoms with Gasteiger partial charge in [-0.3, -0.25) is 4.79 Å². The summed E-state index contributed by atoms with van der Waals surface area (Å²) in [6.07, 6.45) is 0.